The second-order valence-corrected chi connectivity index (χ2v) is 4.66. The second-order valence-electron chi connectivity index (χ2n) is 4.66. The molecule has 2 N–H and O–H groups in total. The van der Waals surface area contributed by atoms with E-state index in [0.717, 1.165) is 30.7 Å². The standard InChI is InChI=1S/C14H20N2O3/c1-9-7-13(19-3)11(8-12(9)18-2)16-14(17)10-5-4-6-15-10/h7-8,10,15H,4-6H2,1-3H3,(H,16,17). The van der Waals surface area contributed by atoms with Crippen molar-refractivity contribution in [1.82, 2.24) is 5.32 Å². The van der Waals surface area contributed by atoms with Crippen LogP contribution < -0.4 is 20.1 Å². The van der Waals surface area contributed by atoms with Gasteiger partial charge in [-0.3, -0.25) is 4.79 Å². The van der Waals surface area contributed by atoms with Gasteiger partial charge in [0.2, 0.25) is 5.91 Å². The van der Waals surface area contributed by atoms with E-state index in [4.69, 9.17) is 9.47 Å². The molecule has 1 aliphatic heterocycles. The highest BCUT2D eigenvalue weighted by Gasteiger charge is 2.23. The number of ether oxygens (including phenoxy) is 2. The van der Waals surface area contributed by atoms with Crippen molar-refractivity contribution in [1.29, 1.82) is 0 Å². The number of hydrogen-bond acceptors (Lipinski definition) is 4. The maximum atomic E-state index is 12.1. The van der Waals surface area contributed by atoms with Gasteiger partial charge in [0.05, 0.1) is 25.9 Å². The van der Waals surface area contributed by atoms with Crippen molar-refractivity contribution in [3.05, 3.63) is 17.7 Å². The molecule has 1 heterocycles. The van der Waals surface area contributed by atoms with Crippen molar-refractivity contribution in [3.63, 3.8) is 0 Å². The molecule has 1 amide bonds. The molecule has 5 nitrogen and oxygen atoms in total. The first kappa shape index (κ1) is 13.7. The highest BCUT2D eigenvalue weighted by molar-refractivity contribution is 5.96. The Morgan fingerprint density at radius 1 is 1.32 bits per heavy atom. The first-order chi connectivity index (χ1) is 9.15. The predicted molar refractivity (Wildman–Crippen MR) is 73.9 cm³/mol. The lowest BCUT2D eigenvalue weighted by Crippen LogP contribution is -2.35. The minimum atomic E-state index is -0.114. The highest BCUT2D eigenvalue weighted by Crippen LogP contribution is 2.32. The minimum Gasteiger partial charge on any atom is -0.496 e. The molecule has 1 saturated heterocycles. The molecule has 1 aliphatic rings. The number of amides is 1. The first-order valence-electron chi connectivity index (χ1n) is 6.42. The van der Waals surface area contributed by atoms with E-state index in [9.17, 15) is 4.79 Å². The van der Waals surface area contributed by atoms with Crippen LogP contribution in [0.5, 0.6) is 11.5 Å². The molecule has 104 valence electrons. The first-order valence-corrected chi connectivity index (χ1v) is 6.42. The molecule has 1 unspecified atom stereocenters. The zero-order valence-electron chi connectivity index (χ0n) is 11.6. The Balaban J connectivity index is 2.20. The van der Waals surface area contributed by atoms with Crippen molar-refractivity contribution >= 4 is 11.6 Å². The Morgan fingerprint density at radius 2 is 2.05 bits per heavy atom. The summed E-state index contributed by atoms with van der Waals surface area (Å²) in [7, 11) is 3.20. The third-order valence-electron chi connectivity index (χ3n) is 3.35. The van der Waals surface area contributed by atoms with Crippen LogP contribution in [-0.2, 0) is 4.79 Å². The van der Waals surface area contributed by atoms with E-state index >= 15 is 0 Å². The quantitative estimate of drug-likeness (QED) is 0.869. The number of hydrogen-bond donors (Lipinski definition) is 2. The number of methoxy groups -OCH3 is 2. The smallest absolute Gasteiger partial charge is 0.241 e. The van der Waals surface area contributed by atoms with Crippen LogP contribution in [0.4, 0.5) is 5.69 Å². The maximum absolute atomic E-state index is 12.1. The zero-order valence-corrected chi connectivity index (χ0v) is 11.6. The Kier molecular flexibility index (Phi) is 4.27. The van der Waals surface area contributed by atoms with Crippen molar-refractivity contribution in [3.8, 4) is 11.5 Å². The molecular weight excluding hydrogens is 244 g/mol. The van der Waals surface area contributed by atoms with E-state index < -0.39 is 0 Å². The lowest BCUT2D eigenvalue weighted by atomic mass is 10.1. The highest BCUT2D eigenvalue weighted by atomic mass is 16.5. The molecule has 0 saturated carbocycles. The maximum Gasteiger partial charge on any atom is 0.241 e. The third-order valence-corrected chi connectivity index (χ3v) is 3.35. The van der Waals surface area contributed by atoms with E-state index in [2.05, 4.69) is 10.6 Å². The predicted octanol–water partition coefficient (Wildman–Crippen LogP) is 1.70. The van der Waals surface area contributed by atoms with E-state index in [0.29, 0.717) is 11.4 Å². The number of carbonyl (C=O) groups is 1. The van der Waals surface area contributed by atoms with Crippen molar-refractivity contribution in [2.24, 2.45) is 0 Å². The van der Waals surface area contributed by atoms with Gasteiger partial charge in [-0.2, -0.15) is 0 Å². The molecule has 5 heteroatoms. The third kappa shape index (κ3) is 2.98. The van der Waals surface area contributed by atoms with Gasteiger partial charge in [-0.05, 0) is 37.9 Å². The Labute approximate surface area is 113 Å². The van der Waals surface area contributed by atoms with Crippen molar-refractivity contribution in [2.45, 2.75) is 25.8 Å². The lowest BCUT2D eigenvalue weighted by molar-refractivity contribution is -0.117. The summed E-state index contributed by atoms with van der Waals surface area (Å²) in [6, 6.07) is 3.54. The van der Waals surface area contributed by atoms with Crippen LogP contribution in [0.15, 0.2) is 12.1 Å². The van der Waals surface area contributed by atoms with Crippen LogP contribution >= 0.6 is 0 Å². The van der Waals surface area contributed by atoms with Gasteiger partial charge in [-0.25, -0.2) is 0 Å². The van der Waals surface area contributed by atoms with Gasteiger partial charge in [0, 0.05) is 6.07 Å². The largest absolute Gasteiger partial charge is 0.496 e. The lowest BCUT2D eigenvalue weighted by Gasteiger charge is -2.16. The second kappa shape index (κ2) is 5.93. The summed E-state index contributed by atoms with van der Waals surface area (Å²) < 4.78 is 10.6. The molecule has 1 aromatic rings. The molecule has 19 heavy (non-hydrogen) atoms. The number of carbonyl (C=O) groups excluding carboxylic acids is 1. The van der Waals surface area contributed by atoms with Gasteiger partial charge in [-0.15, -0.1) is 0 Å². The topological polar surface area (TPSA) is 59.6 Å². The monoisotopic (exact) mass is 264 g/mol. The van der Waals surface area contributed by atoms with Crippen LogP contribution in [0.2, 0.25) is 0 Å². The average molecular weight is 264 g/mol. The van der Waals surface area contributed by atoms with Crippen LogP contribution in [0.3, 0.4) is 0 Å². The summed E-state index contributed by atoms with van der Waals surface area (Å²) in [5.41, 5.74) is 1.61. The van der Waals surface area contributed by atoms with Crippen molar-refractivity contribution in [2.75, 3.05) is 26.1 Å². The summed E-state index contributed by atoms with van der Waals surface area (Å²) in [5, 5.41) is 6.07. The molecule has 0 spiro atoms. The molecule has 0 aromatic heterocycles. The van der Waals surface area contributed by atoms with Crippen LogP contribution in [0.25, 0.3) is 0 Å². The van der Waals surface area contributed by atoms with Gasteiger partial charge in [0.15, 0.2) is 0 Å². The molecule has 1 fully saturated rings. The van der Waals surface area contributed by atoms with Gasteiger partial charge in [0.25, 0.3) is 0 Å². The van der Waals surface area contributed by atoms with Crippen LogP contribution in [0.1, 0.15) is 18.4 Å². The number of nitrogens with one attached hydrogen (secondary N) is 2. The van der Waals surface area contributed by atoms with Crippen LogP contribution in [0, 0.1) is 6.92 Å². The van der Waals surface area contributed by atoms with Gasteiger partial charge >= 0.3 is 0 Å². The fourth-order valence-corrected chi connectivity index (χ4v) is 2.28. The normalized spacial score (nSPS) is 18.2. The van der Waals surface area contributed by atoms with Gasteiger partial charge in [0.1, 0.15) is 11.5 Å². The summed E-state index contributed by atoms with van der Waals surface area (Å²) in [5.74, 6) is 1.35. The summed E-state index contributed by atoms with van der Waals surface area (Å²) in [4.78, 5) is 12.1. The molecule has 0 bridgehead atoms. The molecule has 0 aliphatic carbocycles. The fraction of sp³-hybridized carbons (Fsp3) is 0.500. The zero-order chi connectivity index (χ0) is 13.8. The Bertz CT molecular complexity index is 468. The summed E-state index contributed by atoms with van der Waals surface area (Å²) in [6.07, 6.45) is 1.91. The van der Waals surface area contributed by atoms with Crippen molar-refractivity contribution < 1.29 is 14.3 Å². The molecule has 2 rings (SSSR count). The molecular formula is C14H20N2O3. The fourth-order valence-electron chi connectivity index (χ4n) is 2.28. The average Bonchev–Trinajstić information content (AvgIpc) is 2.94. The van der Waals surface area contributed by atoms with Gasteiger partial charge in [-0.1, -0.05) is 0 Å². The number of anilines is 1. The Hall–Kier alpha value is -1.75. The summed E-state index contributed by atoms with van der Waals surface area (Å²) >= 11 is 0. The van der Waals surface area contributed by atoms with E-state index in [1.165, 1.54) is 0 Å². The van der Waals surface area contributed by atoms with Crippen LogP contribution in [-0.4, -0.2) is 32.7 Å². The molecule has 1 aromatic carbocycles. The number of aryl methyl sites for hydroxylation is 1. The number of benzene rings is 1. The Morgan fingerprint density at radius 3 is 2.63 bits per heavy atom. The minimum absolute atomic E-state index is 0.0262. The number of rotatable bonds is 4. The molecule has 1 atom stereocenters. The van der Waals surface area contributed by atoms with E-state index in [1.807, 2.05) is 13.0 Å². The van der Waals surface area contributed by atoms with Gasteiger partial charge < -0.3 is 20.1 Å². The summed E-state index contributed by atoms with van der Waals surface area (Å²) in [6.45, 7) is 2.83. The van der Waals surface area contributed by atoms with E-state index in [-0.39, 0.29) is 11.9 Å². The SMILES string of the molecule is COc1cc(NC(=O)C2CCCN2)c(OC)cc1C. The molecule has 0 radical (unpaired) electrons. The van der Waals surface area contributed by atoms with E-state index in [1.54, 1.807) is 20.3 Å².